The topological polar surface area (TPSA) is 86.5 Å². The van der Waals surface area contributed by atoms with Crippen LogP contribution in [-0.4, -0.2) is 30.3 Å². The molecule has 0 saturated heterocycles. The van der Waals surface area contributed by atoms with Crippen LogP contribution in [0.2, 0.25) is 0 Å². The van der Waals surface area contributed by atoms with E-state index < -0.39 is 0 Å². The predicted octanol–water partition coefficient (Wildman–Crippen LogP) is 4.39. The molecule has 1 amide bonds. The molecule has 154 valence electrons. The summed E-state index contributed by atoms with van der Waals surface area (Å²) in [4.78, 5) is 17.0. The molecule has 0 radical (unpaired) electrons. The molecule has 0 aliphatic heterocycles. The summed E-state index contributed by atoms with van der Waals surface area (Å²) in [7, 11) is 3.16. The van der Waals surface area contributed by atoms with E-state index in [1.54, 1.807) is 26.4 Å². The third kappa shape index (κ3) is 5.47. The summed E-state index contributed by atoms with van der Waals surface area (Å²) in [6.45, 7) is 10.2. The van der Waals surface area contributed by atoms with Gasteiger partial charge < -0.3 is 19.3 Å². The molecule has 7 nitrogen and oxygen atoms in total. The van der Waals surface area contributed by atoms with E-state index >= 15 is 0 Å². The van der Waals surface area contributed by atoms with E-state index in [-0.39, 0.29) is 23.3 Å². The molecule has 0 aliphatic rings. The second-order valence-electron chi connectivity index (χ2n) is 8.19. The van der Waals surface area contributed by atoms with E-state index in [1.165, 1.54) is 0 Å². The highest BCUT2D eigenvalue weighted by Crippen LogP contribution is 2.32. The smallest absolute Gasteiger partial charge is 0.249 e. The Bertz CT molecular complexity index is 795. The fourth-order valence-corrected chi connectivity index (χ4v) is 2.84. The van der Waals surface area contributed by atoms with Crippen molar-refractivity contribution in [2.75, 3.05) is 14.2 Å². The van der Waals surface area contributed by atoms with Gasteiger partial charge in [-0.3, -0.25) is 4.79 Å². The average Bonchev–Trinajstić information content (AvgIpc) is 3.13. The van der Waals surface area contributed by atoms with Gasteiger partial charge in [0.1, 0.15) is 6.04 Å². The minimum atomic E-state index is -0.332. The zero-order chi connectivity index (χ0) is 20.9. The Balaban J connectivity index is 2.28. The number of nitrogens with zero attached hydrogens (tertiary/aromatic N) is 2. The SMILES string of the molecule is CCC(C)C(NC(=O)CC(C)(C)C)c1nc(-c2ccc(OC)c(OC)c2)no1. The summed E-state index contributed by atoms with van der Waals surface area (Å²) in [6.07, 6.45) is 1.30. The standard InChI is InChI=1S/C21H31N3O4/c1-8-13(2)18(22-17(25)12-21(3,4)5)20-23-19(24-28-20)14-9-10-15(26-6)16(11-14)27-7/h9-11,13,18H,8,12H2,1-7H3,(H,22,25). The van der Waals surface area contributed by atoms with Crippen LogP contribution in [0.15, 0.2) is 22.7 Å². The monoisotopic (exact) mass is 389 g/mol. The van der Waals surface area contributed by atoms with Crippen molar-refractivity contribution in [3.05, 3.63) is 24.1 Å². The number of ether oxygens (including phenoxy) is 2. The van der Waals surface area contributed by atoms with Crippen LogP contribution >= 0.6 is 0 Å². The average molecular weight is 389 g/mol. The van der Waals surface area contributed by atoms with Crippen molar-refractivity contribution in [3.63, 3.8) is 0 Å². The highest BCUT2D eigenvalue weighted by atomic mass is 16.5. The normalized spacial score (nSPS) is 13.7. The molecule has 0 aliphatic carbocycles. The summed E-state index contributed by atoms with van der Waals surface area (Å²) < 4.78 is 16.1. The van der Waals surface area contributed by atoms with Crippen molar-refractivity contribution in [1.82, 2.24) is 15.5 Å². The number of hydrogen-bond donors (Lipinski definition) is 1. The molecule has 28 heavy (non-hydrogen) atoms. The van der Waals surface area contributed by atoms with Gasteiger partial charge >= 0.3 is 0 Å². The first-order valence-corrected chi connectivity index (χ1v) is 9.53. The minimum absolute atomic E-state index is 0.0244. The van der Waals surface area contributed by atoms with Gasteiger partial charge in [0.2, 0.25) is 17.6 Å². The first-order valence-electron chi connectivity index (χ1n) is 9.53. The van der Waals surface area contributed by atoms with Crippen LogP contribution in [-0.2, 0) is 4.79 Å². The largest absolute Gasteiger partial charge is 0.493 e. The highest BCUT2D eigenvalue weighted by Gasteiger charge is 2.28. The fraction of sp³-hybridized carbons (Fsp3) is 0.571. The number of hydrogen-bond acceptors (Lipinski definition) is 6. The molecule has 2 atom stereocenters. The number of methoxy groups -OCH3 is 2. The molecular formula is C21H31N3O4. The maximum atomic E-state index is 12.5. The molecule has 2 unspecified atom stereocenters. The van der Waals surface area contributed by atoms with E-state index in [9.17, 15) is 4.79 Å². The lowest BCUT2D eigenvalue weighted by molar-refractivity contribution is -0.124. The van der Waals surface area contributed by atoms with Crippen LogP contribution in [0.25, 0.3) is 11.4 Å². The summed E-state index contributed by atoms with van der Waals surface area (Å²) >= 11 is 0. The first kappa shape index (κ1) is 21.7. The predicted molar refractivity (Wildman–Crippen MR) is 107 cm³/mol. The highest BCUT2D eigenvalue weighted by molar-refractivity contribution is 5.77. The Kier molecular flexibility index (Phi) is 7.05. The van der Waals surface area contributed by atoms with E-state index in [0.717, 1.165) is 12.0 Å². The Morgan fingerprint density at radius 2 is 1.89 bits per heavy atom. The minimum Gasteiger partial charge on any atom is -0.493 e. The second-order valence-corrected chi connectivity index (χ2v) is 8.19. The molecule has 2 aromatic rings. The zero-order valence-electron chi connectivity index (χ0n) is 17.8. The number of amides is 1. The van der Waals surface area contributed by atoms with Gasteiger partial charge in [0.05, 0.1) is 14.2 Å². The molecule has 1 aromatic carbocycles. The molecule has 7 heteroatoms. The van der Waals surface area contributed by atoms with Gasteiger partial charge in [-0.1, -0.05) is 46.2 Å². The lowest BCUT2D eigenvalue weighted by Gasteiger charge is -2.23. The van der Waals surface area contributed by atoms with Gasteiger partial charge in [-0.05, 0) is 29.5 Å². The Hall–Kier alpha value is -2.57. The maximum absolute atomic E-state index is 12.5. The third-order valence-corrected chi connectivity index (χ3v) is 4.57. The molecule has 1 N–H and O–H groups in total. The van der Waals surface area contributed by atoms with E-state index in [4.69, 9.17) is 14.0 Å². The van der Waals surface area contributed by atoms with Crippen LogP contribution in [0.4, 0.5) is 0 Å². The van der Waals surface area contributed by atoms with Crippen molar-refractivity contribution in [1.29, 1.82) is 0 Å². The summed E-state index contributed by atoms with van der Waals surface area (Å²) in [6, 6.07) is 5.10. The van der Waals surface area contributed by atoms with Gasteiger partial charge in [0.15, 0.2) is 11.5 Å². The second kappa shape index (κ2) is 9.08. The molecule has 0 bridgehead atoms. The number of benzene rings is 1. The van der Waals surface area contributed by atoms with E-state index in [2.05, 4.69) is 29.3 Å². The maximum Gasteiger partial charge on any atom is 0.249 e. The van der Waals surface area contributed by atoms with E-state index in [0.29, 0.717) is 29.6 Å². The van der Waals surface area contributed by atoms with Gasteiger partial charge in [-0.15, -0.1) is 0 Å². The van der Waals surface area contributed by atoms with Gasteiger partial charge in [0.25, 0.3) is 0 Å². The molecule has 1 heterocycles. The van der Waals surface area contributed by atoms with Gasteiger partial charge in [0, 0.05) is 12.0 Å². The number of carbonyl (C=O) groups is 1. The Labute approximate surface area is 166 Å². The van der Waals surface area contributed by atoms with Crippen molar-refractivity contribution in [2.45, 2.75) is 53.5 Å². The molecule has 0 spiro atoms. The number of aromatic nitrogens is 2. The van der Waals surface area contributed by atoms with Crippen LogP contribution in [0, 0.1) is 11.3 Å². The fourth-order valence-electron chi connectivity index (χ4n) is 2.84. The number of nitrogens with one attached hydrogen (secondary N) is 1. The molecule has 2 rings (SSSR count). The number of rotatable bonds is 8. The Morgan fingerprint density at radius 1 is 1.21 bits per heavy atom. The Morgan fingerprint density at radius 3 is 2.46 bits per heavy atom. The van der Waals surface area contributed by atoms with Crippen LogP contribution < -0.4 is 14.8 Å². The van der Waals surface area contributed by atoms with Crippen LogP contribution in [0.3, 0.4) is 0 Å². The van der Waals surface area contributed by atoms with Crippen LogP contribution in [0.5, 0.6) is 11.5 Å². The van der Waals surface area contributed by atoms with Crippen molar-refractivity contribution < 1.29 is 18.8 Å². The third-order valence-electron chi connectivity index (χ3n) is 4.57. The first-order chi connectivity index (χ1) is 13.2. The lowest BCUT2D eigenvalue weighted by Crippen LogP contribution is -2.34. The lowest BCUT2D eigenvalue weighted by atomic mass is 9.91. The number of carbonyl (C=O) groups excluding carboxylic acids is 1. The van der Waals surface area contributed by atoms with E-state index in [1.807, 2.05) is 26.8 Å². The van der Waals surface area contributed by atoms with Crippen molar-refractivity contribution in [2.24, 2.45) is 11.3 Å². The summed E-state index contributed by atoms with van der Waals surface area (Å²) in [5.74, 6) is 2.19. The van der Waals surface area contributed by atoms with Crippen molar-refractivity contribution >= 4 is 5.91 Å². The summed E-state index contributed by atoms with van der Waals surface area (Å²) in [5, 5.41) is 7.17. The molecular weight excluding hydrogens is 358 g/mol. The van der Waals surface area contributed by atoms with Crippen molar-refractivity contribution in [3.8, 4) is 22.9 Å². The zero-order valence-corrected chi connectivity index (χ0v) is 17.8. The van der Waals surface area contributed by atoms with Crippen LogP contribution in [0.1, 0.15) is 59.4 Å². The quantitative estimate of drug-likeness (QED) is 0.720. The van der Waals surface area contributed by atoms with Gasteiger partial charge in [-0.25, -0.2) is 0 Å². The van der Waals surface area contributed by atoms with Gasteiger partial charge in [-0.2, -0.15) is 4.98 Å². The summed E-state index contributed by atoms with van der Waals surface area (Å²) in [5.41, 5.74) is 0.653. The molecule has 0 saturated carbocycles. The molecule has 0 fully saturated rings. The molecule has 1 aromatic heterocycles.